The third kappa shape index (κ3) is 3.36. The van der Waals surface area contributed by atoms with Crippen LogP contribution in [0, 0.1) is 0 Å². The summed E-state index contributed by atoms with van der Waals surface area (Å²) in [6.45, 7) is 11.7. The maximum atomic E-state index is 4.64. The second-order valence-electron chi connectivity index (χ2n) is 8.49. The van der Waals surface area contributed by atoms with Crippen molar-refractivity contribution in [3.8, 4) is 0 Å². The van der Waals surface area contributed by atoms with E-state index in [1.54, 1.807) is 0 Å². The van der Waals surface area contributed by atoms with Crippen LogP contribution in [0.25, 0.3) is 0 Å². The quantitative estimate of drug-likeness (QED) is 0.207. The first-order chi connectivity index (χ1) is 13.3. The van der Waals surface area contributed by atoms with Crippen molar-refractivity contribution in [2.45, 2.75) is 31.3 Å². The summed E-state index contributed by atoms with van der Waals surface area (Å²) in [5, 5.41) is 1.77. The molecule has 0 radical (unpaired) electrons. The van der Waals surface area contributed by atoms with Crippen molar-refractivity contribution in [1.82, 2.24) is 0 Å². The third-order valence-electron chi connectivity index (χ3n) is 5.76. The number of halogens is 1. The molecule has 0 saturated carbocycles. The normalized spacial score (nSPS) is 14.6. The van der Waals surface area contributed by atoms with E-state index >= 15 is 0 Å². The second kappa shape index (κ2) is 8.11. The molecule has 0 aliphatic rings. The van der Waals surface area contributed by atoms with Gasteiger partial charge in [-0.1, -0.05) is 0 Å². The molecule has 3 aromatic carbocycles. The monoisotopic (exact) mass is 468 g/mol. The second-order valence-corrected chi connectivity index (χ2v) is 23.1. The van der Waals surface area contributed by atoms with Crippen molar-refractivity contribution in [2.24, 2.45) is 0 Å². The molecule has 0 N–H and O–H groups in total. The zero-order valence-electron chi connectivity index (χ0n) is 17.1. The van der Waals surface area contributed by atoms with Gasteiger partial charge in [-0.2, -0.15) is 0 Å². The predicted molar refractivity (Wildman–Crippen MR) is 136 cm³/mol. The van der Waals surface area contributed by atoms with E-state index < -0.39 is 13.4 Å². The van der Waals surface area contributed by atoms with Gasteiger partial charge in [-0.25, -0.2) is 0 Å². The van der Waals surface area contributed by atoms with Gasteiger partial charge in [0, 0.05) is 0 Å². The first kappa shape index (κ1) is 21.2. The van der Waals surface area contributed by atoms with E-state index in [9.17, 15) is 0 Å². The summed E-state index contributed by atoms with van der Waals surface area (Å²) in [6, 6.07) is 33.4. The van der Waals surface area contributed by atoms with Crippen LogP contribution in [0.4, 0.5) is 0 Å². The summed E-state index contributed by atoms with van der Waals surface area (Å²) < 4.78 is 0. The summed E-state index contributed by atoms with van der Waals surface area (Å²) in [4.78, 5) is 0. The Labute approximate surface area is 179 Å². The van der Waals surface area contributed by atoms with Crippen molar-refractivity contribution in [2.75, 3.05) is 0 Å². The van der Waals surface area contributed by atoms with Crippen molar-refractivity contribution >= 4 is 44.8 Å². The Balaban J connectivity index is 2.56. The topological polar surface area (TPSA) is 0 Å². The van der Waals surface area contributed by atoms with E-state index in [0.717, 1.165) is 6.42 Å². The van der Waals surface area contributed by atoms with Gasteiger partial charge in [-0.05, 0) is 0 Å². The van der Waals surface area contributed by atoms with Gasteiger partial charge in [0.1, 0.15) is 0 Å². The molecule has 0 heterocycles. The molecule has 146 valence electrons. The molecule has 0 aliphatic carbocycles. The van der Waals surface area contributed by atoms with Gasteiger partial charge < -0.3 is 0 Å². The van der Waals surface area contributed by atoms with E-state index in [1.807, 2.05) is 0 Å². The molecule has 0 bridgehead atoms. The Bertz CT molecular complexity index is 818. The number of rotatable bonds is 7. The van der Waals surface area contributed by atoms with E-state index in [2.05, 4.69) is 139 Å². The van der Waals surface area contributed by atoms with E-state index in [-0.39, 0.29) is 0 Å². The zero-order valence-corrected chi connectivity index (χ0v) is 20.5. The van der Waals surface area contributed by atoms with Crippen molar-refractivity contribution in [1.29, 1.82) is 0 Å². The van der Waals surface area contributed by atoms with Crippen LogP contribution in [0.3, 0.4) is 0 Å². The Morgan fingerprint density at radius 3 is 1.32 bits per heavy atom. The minimum atomic E-state index is -2.93. The minimum absolute atomic E-state index is 0.489. The van der Waals surface area contributed by atoms with Gasteiger partial charge in [0.15, 0.2) is 0 Å². The molecule has 0 saturated heterocycles. The van der Waals surface area contributed by atoms with Gasteiger partial charge in [-0.3, -0.25) is 0 Å². The molecule has 0 aliphatic heterocycles. The first-order valence-electron chi connectivity index (χ1n) is 9.84. The molecule has 1 atom stereocenters. The van der Waals surface area contributed by atoms with Crippen molar-refractivity contribution in [3.63, 3.8) is 0 Å². The number of hydrogen-bond acceptors (Lipinski definition) is 0. The maximum absolute atomic E-state index is 4.64. The van der Waals surface area contributed by atoms with Gasteiger partial charge in [0.25, 0.3) is 0 Å². The van der Waals surface area contributed by atoms with Crippen LogP contribution < -0.4 is 15.9 Å². The number of allylic oxidation sites excluding steroid dienone is 1. The van der Waals surface area contributed by atoms with E-state index in [0.29, 0.717) is 5.28 Å². The molecule has 3 heteroatoms. The summed E-state index contributed by atoms with van der Waals surface area (Å²) >= 11 is 4.64. The third-order valence-corrected chi connectivity index (χ3v) is 23.5. The molecule has 0 fully saturated rings. The Kier molecular flexibility index (Phi) is 6.15. The van der Waals surface area contributed by atoms with Crippen LogP contribution in [0.2, 0.25) is 19.6 Å². The summed E-state index contributed by atoms with van der Waals surface area (Å²) in [7, 11) is -1.62. The summed E-state index contributed by atoms with van der Waals surface area (Å²) in [6.07, 6.45) is 3.12. The van der Waals surface area contributed by atoms with Gasteiger partial charge in [-0.15, -0.1) is 0 Å². The van der Waals surface area contributed by atoms with Gasteiger partial charge in [0.05, 0.1) is 0 Å². The molecular weight excluding hydrogens is 439 g/mol. The van der Waals surface area contributed by atoms with E-state index in [4.69, 9.17) is 0 Å². The van der Waals surface area contributed by atoms with Crippen LogP contribution in [0.1, 0.15) is 6.42 Å². The van der Waals surface area contributed by atoms with Crippen LogP contribution in [-0.4, -0.2) is 13.4 Å². The molecule has 0 aromatic heterocycles. The summed E-state index contributed by atoms with van der Waals surface area (Å²) in [5.74, 6) is 0. The molecule has 0 spiro atoms. The first-order valence-corrected chi connectivity index (χ1v) is 17.7. The van der Waals surface area contributed by atoms with Crippen LogP contribution in [0.15, 0.2) is 104 Å². The molecule has 0 amide bonds. The van der Waals surface area contributed by atoms with Crippen LogP contribution in [-0.2, 0) is 0 Å². The Hall–Kier alpha value is -1.47. The molecule has 28 heavy (non-hydrogen) atoms. The predicted octanol–water partition coefficient (Wildman–Crippen LogP) is 6.65. The average molecular weight is 469 g/mol. The van der Waals surface area contributed by atoms with Gasteiger partial charge in [0.2, 0.25) is 0 Å². The van der Waals surface area contributed by atoms with Crippen molar-refractivity contribution < 1.29 is 0 Å². The molecule has 3 rings (SSSR count). The van der Waals surface area contributed by atoms with Gasteiger partial charge >= 0.3 is 180 Å². The zero-order chi connectivity index (χ0) is 20.3. The Morgan fingerprint density at radius 2 is 1.07 bits per heavy atom. The average Bonchev–Trinajstić information content (AvgIpc) is 2.73. The fourth-order valence-corrected chi connectivity index (χ4v) is 25.6. The number of benzene rings is 3. The van der Waals surface area contributed by atoms with E-state index in [1.165, 1.54) is 15.9 Å². The summed E-state index contributed by atoms with van der Waals surface area (Å²) in [5.41, 5.74) is 0. The molecule has 3 aromatic rings. The van der Waals surface area contributed by atoms with Crippen LogP contribution in [0.5, 0.6) is 0 Å². The standard InChI is InChI=1S/C25H30BrPSi/c1-5-15-25(28(2,3)4)27(26,22-16-9-6-10-17-22,23-18-11-7-12-19-23)24-20-13-8-14-21-24/h5-14,16-21,25H,1,15H2,2-4H3. The number of hydrogen-bond donors (Lipinski definition) is 0. The molecule has 1 unspecified atom stereocenters. The molecular formula is C25H30BrPSi. The fourth-order valence-electron chi connectivity index (χ4n) is 4.58. The fraction of sp³-hybridized carbons (Fsp3) is 0.200. The van der Waals surface area contributed by atoms with Crippen LogP contribution >= 0.6 is 20.8 Å². The Morgan fingerprint density at radius 1 is 0.750 bits per heavy atom. The SMILES string of the molecule is C=CCC([Si](C)(C)C)P(Br)(c1ccccc1)(c1ccccc1)c1ccccc1. The molecule has 0 nitrogen and oxygen atoms in total. The van der Waals surface area contributed by atoms with Crippen molar-refractivity contribution in [3.05, 3.63) is 104 Å².